The zero-order valence-corrected chi connectivity index (χ0v) is 14.9. The first-order valence-corrected chi connectivity index (χ1v) is 8.97. The van der Waals surface area contributed by atoms with Crippen LogP contribution in [0.25, 0.3) is 0 Å². The largest absolute Gasteiger partial charge is 0.0683 e. The number of fused-ring (bicyclic) bond motifs is 1. The molecule has 1 aromatic rings. The average molecular weight is 277 g/mol. The molecule has 116 valence electrons. The van der Waals surface area contributed by atoms with Crippen molar-refractivity contribution in [2.45, 2.75) is 86.5 Å². The minimum Gasteiger partial charge on any atom is -0.0683 e. The normalized spacial score (nSPS) is 19.1. The number of rotatable bonds is 1. The van der Waals surface area contributed by atoms with Crippen LogP contribution in [0.3, 0.4) is 0 Å². The molecule has 0 N–H and O–H groups in total. The standard InChI is InChI=1S/C14H18.3C2H6/c1-10-7-8-12-13(9-10)14(12)11-5-3-2-4-6-11;3*1-2/h7-9,11,14H,2-6H2,1H3;3*1-2H3/t14-;;;/m0.../s1. The highest BCUT2D eigenvalue weighted by Crippen LogP contribution is 2.52. The molecule has 1 saturated carbocycles. The highest BCUT2D eigenvalue weighted by molar-refractivity contribution is 5.54. The molecule has 0 unspecified atom stereocenters. The van der Waals surface area contributed by atoms with Gasteiger partial charge in [0, 0.05) is 5.92 Å². The molecule has 0 nitrogen and oxygen atoms in total. The summed E-state index contributed by atoms with van der Waals surface area (Å²) in [6.07, 6.45) is 7.34. The molecule has 1 aromatic carbocycles. The van der Waals surface area contributed by atoms with Crippen molar-refractivity contribution < 1.29 is 0 Å². The van der Waals surface area contributed by atoms with Crippen LogP contribution in [-0.2, 0) is 0 Å². The molecule has 3 rings (SSSR count). The van der Waals surface area contributed by atoms with Crippen LogP contribution in [0.15, 0.2) is 18.2 Å². The first kappa shape index (κ1) is 19.2. The highest BCUT2D eigenvalue weighted by atomic mass is 14.4. The van der Waals surface area contributed by atoms with Gasteiger partial charge in [0.1, 0.15) is 0 Å². The zero-order valence-electron chi connectivity index (χ0n) is 14.9. The van der Waals surface area contributed by atoms with Crippen molar-refractivity contribution in [2.75, 3.05) is 0 Å². The summed E-state index contributed by atoms with van der Waals surface area (Å²) in [5, 5.41) is 0. The Kier molecular flexibility index (Phi) is 10.5. The summed E-state index contributed by atoms with van der Waals surface area (Å²) < 4.78 is 0. The molecule has 0 aliphatic heterocycles. The van der Waals surface area contributed by atoms with Crippen LogP contribution in [-0.4, -0.2) is 0 Å². The monoisotopic (exact) mass is 276 g/mol. The Hall–Kier alpha value is -0.780. The fourth-order valence-corrected chi connectivity index (χ4v) is 3.14. The van der Waals surface area contributed by atoms with Crippen LogP contribution < -0.4 is 0 Å². The average Bonchev–Trinajstić information content (AvgIpc) is 3.27. The first-order valence-electron chi connectivity index (χ1n) is 8.97. The maximum Gasteiger partial charge on any atom is 0.0124 e. The number of hydrogen-bond acceptors (Lipinski definition) is 0. The van der Waals surface area contributed by atoms with E-state index in [9.17, 15) is 0 Å². The zero-order chi connectivity index (χ0) is 15.5. The summed E-state index contributed by atoms with van der Waals surface area (Å²) in [5.41, 5.74) is 4.75. The molecule has 0 heteroatoms. The Labute approximate surface area is 128 Å². The number of aryl methyl sites for hydroxylation is 1. The molecular formula is C20H36. The quantitative estimate of drug-likeness (QED) is 0.513. The van der Waals surface area contributed by atoms with Gasteiger partial charge in [-0.1, -0.05) is 84.6 Å². The fourth-order valence-electron chi connectivity index (χ4n) is 3.14. The van der Waals surface area contributed by atoms with Crippen LogP contribution in [0.1, 0.15) is 96.3 Å². The summed E-state index contributed by atoms with van der Waals surface area (Å²) in [7, 11) is 0. The number of benzene rings is 1. The molecule has 2 aliphatic carbocycles. The Morgan fingerprint density at radius 3 is 1.80 bits per heavy atom. The maximum absolute atomic E-state index is 2.40. The lowest BCUT2D eigenvalue weighted by atomic mass is 9.84. The van der Waals surface area contributed by atoms with Gasteiger partial charge in [0.05, 0.1) is 0 Å². The highest BCUT2D eigenvalue weighted by Gasteiger charge is 2.38. The summed E-state index contributed by atoms with van der Waals surface area (Å²) in [6, 6.07) is 7.01. The fraction of sp³-hybridized carbons (Fsp3) is 0.700. The maximum atomic E-state index is 2.40. The molecule has 0 amide bonds. The summed E-state index contributed by atoms with van der Waals surface area (Å²) >= 11 is 0. The van der Waals surface area contributed by atoms with Gasteiger partial charge in [-0.2, -0.15) is 0 Å². The predicted molar refractivity (Wildman–Crippen MR) is 93.6 cm³/mol. The third-order valence-corrected chi connectivity index (χ3v) is 3.95. The molecule has 20 heavy (non-hydrogen) atoms. The van der Waals surface area contributed by atoms with E-state index in [2.05, 4.69) is 25.1 Å². The van der Waals surface area contributed by atoms with E-state index in [1.165, 1.54) is 37.7 Å². The summed E-state index contributed by atoms with van der Waals surface area (Å²) in [6.45, 7) is 14.2. The lowest BCUT2D eigenvalue weighted by Gasteiger charge is -2.21. The van der Waals surface area contributed by atoms with Crippen molar-refractivity contribution in [3.63, 3.8) is 0 Å². The van der Waals surface area contributed by atoms with Crippen LogP contribution in [0.4, 0.5) is 0 Å². The van der Waals surface area contributed by atoms with Gasteiger partial charge in [0.15, 0.2) is 0 Å². The lowest BCUT2D eigenvalue weighted by Crippen LogP contribution is -2.07. The Balaban J connectivity index is 0.000000538. The van der Waals surface area contributed by atoms with Crippen molar-refractivity contribution in [3.8, 4) is 0 Å². The van der Waals surface area contributed by atoms with Crippen molar-refractivity contribution >= 4 is 0 Å². The van der Waals surface area contributed by atoms with Gasteiger partial charge >= 0.3 is 0 Å². The van der Waals surface area contributed by atoms with Gasteiger partial charge < -0.3 is 0 Å². The summed E-state index contributed by atoms with van der Waals surface area (Å²) in [5.74, 6) is 1.85. The van der Waals surface area contributed by atoms with Crippen molar-refractivity contribution in [3.05, 3.63) is 34.9 Å². The van der Waals surface area contributed by atoms with E-state index in [1.807, 2.05) is 41.5 Å². The molecular weight excluding hydrogens is 240 g/mol. The molecule has 0 saturated heterocycles. The van der Waals surface area contributed by atoms with Gasteiger partial charge in [0.2, 0.25) is 0 Å². The van der Waals surface area contributed by atoms with Crippen molar-refractivity contribution in [1.82, 2.24) is 0 Å². The molecule has 0 heterocycles. The van der Waals surface area contributed by atoms with E-state index in [0.717, 1.165) is 11.8 Å². The van der Waals surface area contributed by atoms with Gasteiger partial charge in [-0.15, -0.1) is 0 Å². The van der Waals surface area contributed by atoms with Crippen LogP contribution >= 0.6 is 0 Å². The van der Waals surface area contributed by atoms with Gasteiger partial charge in [-0.3, -0.25) is 0 Å². The molecule has 0 bridgehead atoms. The molecule has 0 aromatic heterocycles. The second-order valence-electron chi connectivity index (χ2n) is 5.01. The second kappa shape index (κ2) is 10.9. The van der Waals surface area contributed by atoms with Crippen LogP contribution in [0.2, 0.25) is 0 Å². The Morgan fingerprint density at radius 2 is 1.30 bits per heavy atom. The van der Waals surface area contributed by atoms with Crippen molar-refractivity contribution in [2.24, 2.45) is 5.92 Å². The third kappa shape index (κ3) is 4.96. The smallest absolute Gasteiger partial charge is 0.0124 e. The van der Waals surface area contributed by atoms with E-state index in [1.54, 1.807) is 11.1 Å². The van der Waals surface area contributed by atoms with Crippen molar-refractivity contribution in [1.29, 1.82) is 0 Å². The molecule has 1 atom stereocenters. The topological polar surface area (TPSA) is 0 Å². The second-order valence-corrected chi connectivity index (χ2v) is 5.01. The van der Waals surface area contributed by atoms with Crippen LogP contribution in [0, 0.1) is 12.8 Å². The summed E-state index contributed by atoms with van der Waals surface area (Å²) in [4.78, 5) is 0. The first-order chi connectivity index (χ1) is 9.86. The molecule has 2 aliphatic rings. The molecule has 0 radical (unpaired) electrons. The lowest BCUT2D eigenvalue weighted by molar-refractivity contribution is 0.350. The van der Waals surface area contributed by atoms with E-state index in [4.69, 9.17) is 0 Å². The van der Waals surface area contributed by atoms with Gasteiger partial charge in [0.25, 0.3) is 0 Å². The predicted octanol–water partition coefficient (Wildman–Crippen LogP) is 7.10. The van der Waals surface area contributed by atoms with E-state index >= 15 is 0 Å². The number of hydrogen-bond donors (Lipinski definition) is 0. The van der Waals surface area contributed by atoms with E-state index in [-0.39, 0.29) is 0 Å². The van der Waals surface area contributed by atoms with Crippen LogP contribution in [0.5, 0.6) is 0 Å². The molecule has 0 spiro atoms. The van der Waals surface area contributed by atoms with E-state index < -0.39 is 0 Å². The SMILES string of the molecule is CC.CC.CC.Cc1ccc2c(c1)[C@H]2C1CCCCC1. The minimum atomic E-state index is 0.865. The Bertz CT molecular complexity index is 345. The van der Waals surface area contributed by atoms with Gasteiger partial charge in [-0.05, 0) is 36.8 Å². The van der Waals surface area contributed by atoms with E-state index in [0.29, 0.717) is 0 Å². The van der Waals surface area contributed by atoms with Gasteiger partial charge in [-0.25, -0.2) is 0 Å². The molecule has 1 fully saturated rings. The Morgan fingerprint density at radius 1 is 0.750 bits per heavy atom. The third-order valence-electron chi connectivity index (χ3n) is 3.95. The minimum absolute atomic E-state index is 0.865.